The van der Waals surface area contributed by atoms with Crippen molar-refractivity contribution < 1.29 is 15.0 Å². The summed E-state index contributed by atoms with van der Waals surface area (Å²) in [5.74, 6) is -0.977. The predicted molar refractivity (Wildman–Crippen MR) is 118 cm³/mol. The Morgan fingerprint density at radius 1 is 0.897 bits per heavy atom. The minimum absolute atomic E-state index is 0.0168. The van der Waals surface area contributed by atoms with Gasteiger partial charge in [0.1, 0.15) is 0 Å². The highest BCUT2D eigenvalue weighted by atomic mass is 16.4. The minimum atomic E-state index is -0.977. The minimum Gasteiger partial charge on any atom is -0.478 e. The van der Waals surface area contributed by atoms with Crippen molar-refractivity contribution in [2.24, 2.45) is 0 Å². The Morgan fingerprint density at radius 3 is 2.45 bits per heavy atom. The van der Waals surface area contributed by atoms with Gasteiger partial charge in [-0.3, -0.25) is 0 Å². The monoisotopic (exact) mass is 387 g/mol. The molecule has 0 fully saturated rings. The smallest absolute Gasteiger partial charge is 0.328 e. The van der Waals surface area contributed by atoms with E-state index in [4.69, 9.17) is 5.11 Å². The molecule has 0 heterocycles. The SMILES string of the molecule is O=C(O)/C=C/c1cc(NCCCc2ccccc2)cc(-c2cccc(CO)c2)c1. The fraction of sp³-hybridized carbons (Fsp3) is 0.160. The highest BCUT2D eigenvalue weighted by Crippen LogP contribution is 2.26. The summed E-state index contributed by atoms with van der Waals surface area (Å²) in [6, 6.07) is 24.0. The van der Waals surface area contributed by atoms with E-state index in [9.17, 15) is 9.90 Å². The van der Waals surface area contributed by atoms with E-state index < -0.39 is 5.97 Å². The molecule has 3 aromatic carbocycles. The van der Waals surface area contributed by atoms with Crippen molar-refractivity contribution in [3.8, 4) is 11.1 Å². The molecule has 0 unspecified atom stereocenters. The Labute approximate surface area is 171 Å². The van der Waals surface area contributed by atoms with Crippen LogP contribution in [0.4, 0.5) is 5.69 Å². The summed E-state index contributed by atoms with van der Waals surface area (Å²) in [7, 11) is 0. The van der Waals surface area contributed by atoms with Crippen LogP contribution in [0.3, 0.4) is 0 Å². The molecular formula is C25H25NO3. The standard InChI is InChI=1S/C25H25NO3/c27-18-21-8-4-10-22(15-21)23-14-20(11-12-25(28)29)16-24(17-23)26-13-5-9-19-6-2-1-3-7-19/h1-4,6-8,10-12,14-17,26-27H,5,9,13,18H2,(H,28,29)/b12-11+. The molecule has 0 aliphatic rings. The second-order valence-corrected chi connectivity index (χ2v) is 6.89. The van der Waals surface area contributed by atoms with Crippen molar-refractivity contribution in [2.75, 3.05) is 11.9 Å². The van der Waals surface area contributed by atoms with Crippen LogP contribution in [0.1, 0.15) is 23.1 Å². The summed E-state index contributed by atoms with van der Waals surface area (Å²) in [5, 5.41) is 21.8. The Kier molecular flexibility index (Phi) is 7.20. The van der Waals surface area contributed by atoms with Crippen molar-refractivity contribution in [1.29, 1.82) is 0 Å². The van der Waals surface area contributed by atoms with Crippen LogP contribution in [0, 0.1) is 0 Å². The maximum atomic E-state index is 10.9. The fourth-order valence-electron chi connectivity index (χ4n) is 3.20. The molecule has 0 aliphatic heterocycles. The third-order valence-corrected chi connectivity index (χ3v) is 4.63. The number of aliphatic carboxylic acids is 1. The molecule has 148 valence electrons. The highest BCUT2D eigenvalue weighted by Gasteiger charge is 2.04. The van der Waals surface area contributed by atoms with Gasteiger partial charge < -0.3 is 15.5 Å². The van der Waals surface area contributed by atoms with Crippen LogP contribution in [0.2, 0.25) is 0 Å². The molecule has 0 atom stereocenters. The molecule has 29 heavy (non-hydrogen) atoms. The van der Waals surface area contributed by atoms with E-state index >= 15 is 0 Å². The van der Waals surface area contributed by atoms with Gasteiger partial charge in [-0.15, -0.1) is 0 Å². The molecule has 3 N–H and O–H groups in total. The number of aliphatic hydroxyl groups excluding tert-OH is 1. The second kappa shape index (κ2) is 10.2. The lowest BCUT2D eigenvalue weighted by Crippen LogP contribution is -2.03. The molecule has 0 spiro atoms. The zero-order valence-corrected chi connectivity index (χ0v) is 16.2. The molecule has 0 aliphatic carbocycles. The largest absolute Gasteiger partial charge is 0.478 e. The van der Waals surface area contributed by atoms with Crippen LogP contribution in [0.15, 0.2) is 78.9 Å². The number of nitrogens with one attached hydrogen (secondary N) is 1. The number of aliphatic hydroxyl groups is 1. The molecule has 0 radical (unpaired) electrons. The van der Waals surface area contributed by atoms with Crippen LogP contribution >= 0.6 is 0 Å². The Hall–Kier alpha value is -3.37. The Bertz CT molecular complexity index is 980. The third-order valence-electron chi connectivity index (χ3n) is 4.63. The van der Waals surface area contributed by atoms with Crippen LogP contribution in [0.25, 0.3) is 17.2 Å². The first-order valence-corrected chi connectivity index (χ1v) is 9.68. The molecule has 0 bridgehead atoms. The topological polar surface area (TPSA) is 69.6 Å². The van der Waals surface area contributed by atoms with Crippen molar-refractivity contribution >= 4 is 17.7 Å². The first-order chi connectivity index (χ1) is 14.1. The van der Waals surface area contributed by atoms with Crippen LogP contribution in [0.5, 0.6) is 0 Å². The molecular weight excluding hydrogens is 362 g/mol. The van der Waals surface area contributed by atoms with E-state index in [1.807, 2.05) is 54.6 Å². The van der Waals surface area contributed by atoms with Gasteiger partial charge in [0.05, 0.1) is 6.61 Å². The van der Waals surface area contributed by atoms with Gasteiger partial charge in [-0.05, 0) is 71.0 Å². The van der Waals surface area contributed by atoms with Crippen molar-refractivity contribution in [2.45, 2.75) is 19.4 Å². The number of aryl methyl sites for hydroxylation is 1. The van der Waals surface area contributed by atoms with E-state index in [1.54, 1.807) is 6.08 Å². The van der Waals surface area contributed by atoms with E-state index in [1.165, 1.54) is 5.56 Å². The number of carbonyl (C=O) groups is 1. The average Bonchev–Trinajstić information content (AvgIpc) is 2.76. The predicted octanol–water partition coefficient (Wildman–Crippen LogP) is 4.99. The number of rotatable bonds is 9. The number of benzene rings is 3. The lowest BCUT2D eigenvalue weighted by atomic mass is 10.00. The van der Waals surface area contributed by atoms with Gasteiger partial charge in [0.15, 0.2) is 0 Å². The average molecular weight is 387 g/mol. The van der Waals surface area contributed by atoms with Gasteiger partial charge in [-0.2, -0.15) is 0 Å². The zero-order chi connectivity index (χ0) is 20.5. The second-order valence-electron chi connectivity index (χ2n) is 6.89. The molecule has 3 aromatic rings. The normalized spacial score (nSPS) is 10.9. The van der Waals surface area contributed by atoms with Gasteiger partial charge >= 0.3 is 5.97 Å². The Morgan fingerprint density at radius 2 is 1.69 bits per heavy atom. The van der Waals surface area contributed by atoms with Crippen molar-refractivity contribution in [3.05, 3.63) is 95.6 Å². The Balaban J connectivity index is 1.77. The van der Waals surface area contributed by atoms with Crippen LogP contribution in [-0.2, 0) is 17.8 Å². The summed E-state index contributed by atoms with van der Waals surface area (Å²) in [6.07, 6.45) is 4.73. The molecule has 0 aromatic heterocycles. The van der Waals surface area contributed by atoms with Crippen LogP contribution in [-0.4, -0.2) is 22.7 Å². The first kappa shape index (κ1) is 20.4. The molecule has 0 saturated carbocycles. The summed E-state index contributed by atoms with van der Waals surface area (Å²) >= 11 is 0. The maximum Gasteiger partial charge on any atom is 0.328 e. The summed E-state index contributed by atoms with van der Waals surface area (Å²) in [5.41, 5.74) is 5.85. The van der Waals surface area contributed by atoms with E-state index in [-0.39, 0.29) is 6.61 Å². The molecule has 0 amide bonds. The lowest BCUT2D eigenvalue weighted by Gasteiger charge is -2.12. The third kappa shape index (κ3) is 6.33. The molecule has 4 heteroatoms. The van der Waals surface area contributed by atoms with Gasteiger partial charge in [0, 0.05) is 18.3 Å². The van der Waals surface area contributed by atoms with E-state index in [0.717, 1.165) is 53.4 Å². The van der Waals surface area contributed by atoms with Crippen molar-refractivity contribution in [3.63, 3.8) is 0 Å². The quantitative estimate of drug-likeness (QED) is 0.357. The molecule has 0 saturated heterocycles. The summed E-state index contributed by atoms with van der Waals surface area (Å²) < 4.78 is 0. The summed E-state index contributed by atoms with van der Waals surface area (Å²) in [4.78, 5) is 10.9. The maximum absolute atomic E-state index is 10.9. The lowest BCUT2D eigenvalue weighted by molar-refractivity contribution is -0.131. The van der Waals surface area contributed by atoms with Gasteiger partial charge in [0.2, 0.25) is 0 Å². The number of carboxylic acid groups (broad SMARTS) is 1. The van der Waals surface area contributed by atoms with Gasteiger partial charge in [-0.1, -0.05) is 48.5 Å². The van der Waals surface area contributed by atoms with Gasteiger partial charge in [0.25, 0.3) is 0 Å². The number of hydrogen-bond acceptors (Lipinski definition) is 3. The van der Waals surface area contributed by atoms with Gasteiger partial charge in [-0.25, -0.2) is 4.79 Å². The molecule has 4 nitrogen and oxygen atoms in total. The first-order valence-electron chi connectivity index (χ1n) is 9.68. The number of anilines is 1. The van der Waals surface area contributed by atoms with E-state index in [0.29, 0.717) is 0 Å². The fourth-order valence-corrected chi connectivity index (χ4v) is 3.20. The molecule has 3 rings (SSSR count). The van der Waals surface area contributed by atoms with E-state index in [2.05, 4.69) is 23.5 Å². The number of carboxylic acids is 1. The van der Waals surface area contributed by atoms with Crippen LogP contribution < -0.4 is 5.32 Å². The summed E-state index contributed by atoms with van der Waals surface area (Å²) in [6.45, 7) is 0.800. The number of hydrogen-bond donors (Lipinski definition) is 3. The highest BCUT2D eigenvalue weighted by molar-refractivity contribution is 5.86. The van der Waals surface area contributed by atoms with Crippen molar-refractivity contribution in [1.82, 2.24) is 0 Å². The zero-order valence-electron chi connectivity index (χ0n) is 16.2.